The second-order valence-corrected chi connectivity index (χ2v) is 9.09. The summed E-state index contributed by atoms with van der Waals surface area (Å²) in [4.78, 5) is 0.317. The minimum atomic E-state index is -3.62. The highest BCUT2D eigenvalue weighted by Gasteiger charge is 2.24. The van der Waals surface area contributed by atoms with Gasteiger partial charge in [0.05, 0.1) is 12.0 Å². The molecule has 0 aromatic heterocycles. The highest BCUT2D eigenvalue weighted by atomic mass is 32.2. The lowest BCUT2D eigenvalue weighted by Crippen LogP contribution is -2.29. The van der Waals surface area contributed by atoms with Crippen LogP contribution in [0.5, 0.6) is 5.75 Å². The number of nitrogens with one attached hydrogen (secondary N) is 1. The van der Waals surface area contributed by atoms with Crippen molar-refractivity contribution in [3.8, 4) is 5.75 Å². The van der Waals surface area contributed by atoms with Crippen LogP contribution in [0.1, 0.15) is 60.0 Å². The summed E-state index contributed by atoms with van der Waals surface area (Å²) in [6, 6.07) is 9.68. The van der Waals surface area contributed by atoms with E-state index < -0.39 is 10.0 Å². The maximum atomic E-state index is 13.1. The second-order valence-electron chi connectivity index (χ2n) is 7.40. The van der Waals surface area contributed by atoms with Crippen molar-refractivity contribution in [2.75, 3.05) is 7.11 Å². The Kier molecular flexibility index (Phi) is 5.92. The zero-order chi connectivity index (χ0) is 19.6. The van der Waals surface area contributed by atoms with Gasteiger partial charge >= 0.3 is 0 Å². The van der Waals surface area contributed by atoms with Gasteiger partial charge in [-0.25, -0.2) is 13.1 Å². The van der Waals surface area contributed by atoms with E-state index in [0.717, 1.165) is 24.0 Å². The third-order valence-corrected chi connectivity index (χ3v) is 7.08. The van der Waals surface area contributed by atoms with E-state index in [9.17, 15) is 8.42 Å². The van der Waals surface area contributed by atoms with Gasteiger partial charge in [-0.2, -0.15) is 0 Å². The molecule has 0 amide bonds. The molecule has 2 aromatic rings. The molecule has 4 nitrogen and oxygen atoms in total. The monoisotopic (exact) mass is 387 g/mol. The van der Waals surface area contributed by atoms with Gasteiger partial charge in [0.2, 0.25) is 10.0 Å². The Balaban J connectivity index is 1.91. The molecule has 0 fully saturated rings. The van der Waals surface area contributed by atoms with Gasteiger partial charge in [-0.05, 0) is 85.9 Å². The fraction of sp³-hybridized carbons (Fsp3) is 0.455. The van der Waals surface area contributed by atoms with Crippen LogP contribution in [0.3, 0.4) is 0 Å². The van der Waals surface area contributed by atoms with Crippen LogP contribution in [0.25, 0.3) is 0 Å². The molecule has 0 saturated heterocycles. The number of rotatable bonds is 6. The average Bonchev–Trinajstić information content (AvgIpc) is 2.67. The summed E-state index contributed by atoms with van der Waals surface area (Å²) in [6.45, 7) is 5.67. The van der Waals surface area contributed by atoms with E-state index in [1.165, 1.54) is 24.0 Å². The first-order valence-corrected chi connectivity index (χ1v) is 11.1. The van der Waals surface area contributed by atoms with Gasteiger partial charge in [-0.1, -0.05) is 25.1 Å². The van der Waals surface area contributed by atoms with Crippen molar-refractivity contribution in [1.82, 2.24) is 4.72 Å². The molecule has 27 heavy (non-hydrogen) atoms. The van der Waals surface area contributed by atoms with Gasteiger partial charge in [0.25, 0.3) is 0 Å². The first kappa shape index (κ1) is 19.9. The SMILES string of the molecule is CCC(NS(=O)(=O)c1cc(C)c(OC)cc1C)c1ccc2c(c1)CCCC2. The van der Waals surface area contributed by atoms with Crippen molar-refractivity contribution in [3.63, 3.8) is 0 Å². The number of ether oxygens (including phenoxy) is 1. The van der Waals surface area contributed by atoms with E-state index in [1.807, 2.05) is 13.8 Å². The van der Waals surface area contributed by atoms with Gasteiger partial charge in [-0.15, -0.1) is 0 Å². The molecule has 3 rings (SSSR count). The van der Waals surface area contributed by atoms with E-state index in [0.29, 0.717) is 22.6 Å². The minimum absolute atomic E-state index is 0.232. The summed E-state index contributed by atoms with van der Waals surface area (Å²) < 4.78 is 34.4. The Morgan fingerprint density at radius 1 is 1.04 bits per heavy atom. The zero-order valence-corrected chi connectivity index (χ0v) is 17.4. The standard InChI is InChI=1S/C22H29NO3S/c1-5-20(19-11-10-17-8-6-7-9-18(17)14-19)23-27(24,25)22-13-15(2)21(26-4)12-16(22)3/h10-14,20,23H,5-9H2,1-4H3. The van der Waals surface area contributed by atoms with E-state index in [2.05, 4.69) is 22.9 Å². The Bertz CT molecular complexity index is 935. The van der Waals surface area contributed by atoms with Gasteiger partial charge in [0, 0.05) is 6.04 Å². The van der Waals surface area contributed by atoms with E-state index in [-0.39, 0.29) is 6.04 Å². The molecule has 1 unspecified atom stereocenters. The second kappa shape index (κ2) is 8.03. The number of benzene rings is 2. The fourth-order valence-electron chi connectivity index (χ4n) is 3.88. The third kappa shape index (κ3) is 4.19. The van der Waals surface area contributed by atoms with Crippen LogP contribution in [0.2, 0.25) is 0 Å². The Morgan fingerprint density at radius 3 is 2.41 bits per heavy atom. The molecule has 0 saturated carbocycles. The largest absolute Gasteiger partial charge is 0.496 e. The van der Waals surface area contributed by atoms with Crippen LogP contribution in [-0.2, 0) is 22.9 Å². The predicted octanol–water partition coefficient (Wildman–Crippen LogP) is 4.62. The number of hydrogen-bond acceptors (Lipinski definition) is 3. The summed E-state index contributed by atoms with van der Waals surface area (Å²) in [7, 11) is -2.03. The van der Waals surface area contributed by atoms with E-state index in [1.54, 1.807) is 26.2 Å². The van der Waals surface area contributed by atoms with Crippen molar-refractivity contribution >= 4 is 10.0 Å². The normalized spacial score (nSPS) is 15.3. The van der Waals surface area contributed by atoms with E-state index >= 15 is 0 Å². The number of methoxy groups -OCH3 is 1. The van der Waals surface area contributed by atoms with Crippen molar-refractivity contribution in [2.45, 2.75) is 63.8 Å². The molecular formula is C22H29NO3S. The molecule has 0 radical (unpaired) electrons. The number of fused-ring (bicyclic) bond motifs is 1. The van der Waals surface area contributed by atoms with Crippen molar-refractivity contribution in [3.05, 3.63) is 58.1 Å². The molecule has 1 atom stereocenters. The van der Waals surface area contributed by atoms with Crippen LogP contribution < -0.4 is 9.46 Å². The molecule has 0 heterocycles. The molecule has 0 spiro atoms. The summed E-state index contributed by atoms with van der Waals surface area (Å²) in [5, 5.41) is 0. The van der Waals surface area contributed by atoms with Gasteiger partial charge in [0.15, 0.2) is 0 Å². The molecule has 5 heteroatoms. The first-order chi connectivity index (χ1) is 12.9. The minimum Gasteiger partial charge on any atom is -0.496 e. The van der Waals surface area contributed by atoms with Crippen LogP contribution in [0.4, 0.5) is 0 Å². The zero-order valence-electron chi connectivity index (χ0n) is 16.6. The summed E-state index contributed by atoms with van der Waals surface area (Å²) in [5.41, 5.74) is 5.32. The lowest BCUT2D eigenvalue weighted by atomic mass is 9.89. The van der Waals surface area contributed by atoms with Crippen LogP contribution in [0, 0.1) is 13.8 Å². The van der Waals surface area contributed by atoms with Crippen LogP contribution >= 0.6 is 0 Å². The summed E-state index contributed by atoms with van der Waals surface area (Å²) in [5.74, 6) is 0.702. The topological polar surface area (TPSA) is 55.4 Å². The van der Waals surface area contributed by atoms with Gasteiger partial charge in [-0.3, -0.25) is 0 Å². The molecule has 2 aromatic carbocycles. The maximum Gasteiger partial charge on any atom is 0.241 e. The van der Waals surface area contributed by atoms with Crippen LogP contribution in [0.15, 0.2) is 35.2 Å². The number of aryl methyl sites for hydroxylation is 4. The van der Waals surface area contributed by atoms with Crippen molar-refractivity contribution in [2.24, 2.45) is 0 Å². The maximum absolute atomic E-state index is 13.1. The Hall–Kier alpha value is -1.85. The highest BCUT2D eigenvalue weighted by molar-refractivity contribution is 7.89. The third-order valence-electron chi connectivity index (χ3n) is 5.46. The fourth-order valence-corrected chi connectivity index (χ4v) is 5.50. The smallest absolute Gasteiger partial charge is 0.241 e. The predicted molar refractivity (Wildman–Crippen MR) is 109 cm³/mol. The lowest BCUT2D eigenvalue weighted by Gasteiger charge is -2.22. The molecule has 1 N–H and O–H groups in total. The molecule has 0 bridgehead atoms. The Labute approximate surface area is 163 Å². The summed E-state index contributed by atoms with van der Waals surface area (Å²) >= 11 is 0. The molecule has 146 valence electrons. The highest BCUT2D eigenvalue weighted by Crippen LogP contribution is 2.29. The lowest BCUT2D eigenvalue weighted by molar-refractivity contribution is 0.411. The first-order valence-electron chi connectivity index (χ1n) is 9.65. The van der Waals surface area contributed by atoms with E-state index in [4.69, 9.17) is 4.74 Å². The average molecular weight is 388 g/mol. The molecule has 1 aliphatic rings. The van der Waals surface area contributed by atoms with Crippen molar-refractivity contribution in [1.29, 1.82) is 0 Å². The quantitative estimate of drug-likeness (QED) is 0.787. The van der Waals surface area contributed by atoms with Crippen molar-refractivity contribution < 1.29 is 13.2 Å². The molecule has 1 aliphatic carbocycles. The van der Waals surface area contributed by atoms with Gasteiger partial charge < -0.3 is 4.74 Å². The van der Waals surface area contributed by atoms with Crippen LogP contribution in [-0.4, -0.2) is 15.5 Å². The molecule has 0 aliphatic heterocycles. The summed E-state index contributed by atoms with van der Waals surface area (Å²) in [6.07, 6.45) is 5.37. The number of sulfonamides is 1. The molecular weight excluding hydrogens is 358 g/mol. The Morgan fingerprint density at radius 2 is 1.74 bits per heavy atom. The number of hydrogen-bond donors (Lipinski definition) is 1. The van der Waals surface area contributed by atoms with Gasteiger partial charge in [0.1, 0.15) is 5.75 Å².